The Morgan fingerprint density at radius 1 is 1.32 bits per heavy atom. The zero-order valence-electron chi connectivity index (χ0n) is 12.2. The maximum Gasteiger partial charge on any atom is 0.239 e. The number of benzene rings is 1. The highest BCUT2D eigenvalue weighted by Crippen LogP contribution is 2.13. The fourth-order valence-corrected chi connectivity index (χ4v) is 1.97. The van der Waals surface area contributed by atoms with Gasteiger partial charge in [-0.2, -0.15) is 0 Å². The number of likely N-dealkylation sites (N-methyl/N-ethyl adjacent to an activating group) is 1. The van der Waals surface area contributed by atoms with Crippen LogP contribution in [0.3, 0.4) is 0 Å². The number of rotatable bonds is 6. The summed E-state index contributed by atoms with van der Waals surface area (Å²) in [5.74, 6) is 1.23. The van der Waals surface area contributed by atoms with Crippen LogP contribution in [-0.2, 0) is 11.3 Å². The smallest absolute Gasteiger partial charge is 0.239 e. The molecule has 0 bridgehead atoms. The van der Waals surface area contributed by atoms with E-state index in [4.69, 9.17) is 10.5 Å². The van der Waals surface area contributed by atoms with Crippen LogP contribution in [-0.4, -0.2) is 31.0 Å². The molecular weight excluding hydrogens is 240 g/mol. The van der Waals surface area contributed by atoms with Crippen LogP contribution in [0.4, 0.5) is 0 Å². The summed E-state index contributed by atoms with van der Waals surface area (Å²) < 4.78 is 5.10. The standard InChI is InChI=1S/C15H24N2O2/c1-11(2)9-14(16)15(18)17(3)10-12-5-7-13(19-4)8-6-12/h5-8,11,14H,9-10,16H2,1-4H3. The van der Waals surface area contributed by atoms with Crippen molar-refractivity contribution in [3.63, 3.8) is 0 Å². The summed E-state index contributed by atoms with van der Waals surface area (Å²) in [5, 5.41) is 0. The molecule has 0 aliphatic carbocycles. The van der Waals surface area contributed by atoms with Gasteiger partial charge in [-0.05, 0) is 30.0 Å². The molecular formula is C15H24N2O2. The van der Waals surface area contributed by atoms with Crippen LogP contribution in [0.15, 0.2) is 24.3 Å². The quantitative estimate of drug-likeness (QED) is 0.855. The number of amides is 1. The molecule has 0 saturated heterocycles. The van der Waals surface area contributed by atoms with Gasteiger partial charge in [0, 0.05) is 13.6 Å². The second-order valence-corrected chi connectivity index (χ2v) is 5.28. The predicted octanol–water partition coefficient (Wildman–Crippen LogP) is 2.03. The molecule has 0 fully saturated rings. The van der Waals surface area contributed by atoms with E-state index < -0.39 is 6.04 Å². The summed E-state index contributed by atoms with van der Waals surface area (Å²) in [6.45, 7) is 4.70. The Balaban J connectivity index is 2.57. The first kappa shape index (κ1) is 15.5. The normalized spacial score (nSPS) is 12.3. The van der Waals surface area contributed by atoms with E-state index in [1.165, 1.54) is 0 Å². The Morgan fingerprint density at radius 2 is 1.89 bits per heavy atom. The molecule has 0 spiro atoms. The van der Waals surface area contributed by atoms with E-state index in [1.54, 1.807) is 19.1 Å². The van der Waals surface area contributed by atoms with Gasteiger partial charge >= 0.3 is 0 Å². The number of carbonyl (C=O) groups excluding carboxylic acids is 1. The largest absolute Gasteiger partial charge is 0.497 e. The Hall–Kier alpha value is -1.55. The molecule has 1 amide bonds. The van der Waals surface area contributed by atoms with E-state index in [-0.39, 0.29) is 5.91 Å². The Labute approximate surface area is 115 Å². The zero-order valence-corrected chi connectivity index (χ0v) is 12.2. The van der Waals surface area contributed by atoms with Crippen molar-refractivity contribution >= 4 is 5.91 Å². The average molecular weight is 264 g/mol. The van der Waals surface area contributed by atoms with Crippen LogP contribution in [0.2, 0.25) is 0 Å². The minimum absolute atomic E-state index is 0.00971. The lowest BCUT2D eigenvalue weighted by Gasteiger charge is -2.22. The molecule has 1 atom stereocenters. The summed E-state index contributed by atoms with van der Waals surface area (Å²) in [6, 6.07) is 7.28. The molecule has 1 unspecified atom stereocenters. The summed E-state index contributed by atoms with van der Waals surface area (Å²) in [6.07, 6.45) is 0.714. The number of carbonyl (C=O) groups is 1. The average Bonchev–Trinajstić information content (AvgIpc) is 2.37. The summed E-state index contributed by atoms with van der Waals surface area (Å²) in [5.41, 5.74) is 6.97. The highest BCUT2D eigenvalue weighted by Gasteiger charge is 2.19. The zero-order chi connectivity index (χ0) is 14.4. The van der Waals surface area contributed by atoms with Crippen LogP contribution >= 0.6 is 0 Å². The van der Waals surface area contributed by atoms with E-state index in [0.717, 1.165) is 11.3 Å². The minimum Gasteiger partial charge on any atom is -0.497 e. The van der Waals surface area contributed by atoms with Gasteiger partial charge in [0.05, 0.1) is 13.2 Å². The number of nitrogens with zero attached hydrogens (tertiary/aromatic N) is 1. The molecule has 106 valence electrons. The molecule has 0 heterocycles. The number of ether oxygens (including phenoxy) is 1. The monoisotopic (exact) mass is 264 g/mol. The lowest BCUT2D eigenvalue weighted by atomic mass is 10.0. The first-order valence-corrected chi connectivity index (χ1v) is 6.57. The third kappa shape index (κ3) is 4.91. The lowest BCUT2D eigenvalue weighted by Crippen LogP contribution is -2.42. The van der Waals surface area contributed by atoms with Crippen LogP contribution in [0.25, 0.3) is 0 Å². The van der Waals surface area contributed by atoms with Gasteiger partial charge < -0.3 is 15.4 Å². The molecule has 2 N–H and O–H groups in total. The Bertz CT molecular complexity index is 401. The van der Waals surface area contributed by atoms with Crippen molar-refractivity contribution in [2.24, 2.45) is 11.7 Å². The van der Waals surface area contributed by atoms with E-state index in [9.17, 15) is 4.79 Å². The first-order valence-electron chi connectivity index (χ1n) is 6.57. The van der Waals surface area contributed by atoms with Gasteiger partial charge in [0.15, 0.2) is 0 Å². The molecule has 1 aromatic rings. The fourth-order valence-electron chi connectivity index (χ4n) is 1.97. The topological polar surface area (TPSA) is 55.6 Å². The molecule has 0 aliphatic heterocycles. The number of nitrogens with two attached hydrogens (primary N) is 1. The van der Waals surface area contributed by atoms with Crippen LogP contribution in [0.1, 0.15) is 25.8 Å². The maximum atomic E-state index is 12.1. The van der Waals surface area contributed by atoms with Crippen molar-refractivity contribution in [2.75, 3.05) is 14.2 Å². The van der Waals surface area contributed by atoms with E-state index in [1.807, 2.05) is 24.3 Å². The van der Waals surface area contributed by atoms with Crippen molar-refractivity contribution in [1.29, 1.82) is 0 Å². The van der Waals surface area contributed by atoms with Crippen LogP contribution in [0.5, 0.6) is 5.75 Å². The van der Waals surface area contributed by atoms with Crippen molar-refractivity contribution in [3.8, 4) is 5.75 Å². The molecule has 1 rings (SSSR count). The van der Waals surface area contributed by atoms with Crippen molar-refractivity contribution in [3.05, 3.63) is 29.8 Å². The molecule has 19 heavy (non-hydrogen) atoms. The van der Waals surface area contributed by atoms with Crippen molar-refractivity contribution in [1.82, 2.24) is 4.90 Å². The van der Waals surface area contributed by atoms with E-state index in [0.29, 0.717) is 18.9 Å². The van der Waals surface area contributed by atoms with Gasteiger partial charge in [0.2, 0.25) is 5.91 Å². The molecule has 4 nitrogen and oxygen atoms in total. The number of hydrogen-bond acceptors (Lipinski definition) is 3. The second kappa shape index (κ2) is 7.14. The summed E-state index contributed by atoms with van der Waals surface area (Å²) in [7, 11) is 3.42. The van der Waals surface area contributed by atoms with Crippen LogP contribution < -0.4 is 10.5 Å². The molecule has 0 aromatic heterocycles. The predicted molar refractivity (Wildman–Crippen MR) is 76.9 cm³/mol. The van der Waals surface area contributed by atoms with Crippen LogP contribution in [0, 0.1) is 5.92 Å². The van der Waals surface area contributed by atoms with Gasteiger partial charge in [0.1, 0.15) is 5.75 Å². The third-order valence-electron chi connectivity index (χ3n) is 3.00. The second-order valence-electron chi connectivity index (χ2n) is 5.28. The highest BCUT2D eigenvalue weighted by atomic mass is 16.5. The first-order chi connectivity index (χ1) is 8.93. The summed E-state index contributed by atoms with van der Waals surface area (Å²) >= 11 is 0. The lowest BCUT2D eigenvalue weighted by molar-refractivity contribution is -0.132. The molecule has 0 radical (unpaired) electrons. The Kier molecular flexibility index (Phi) is 5.83. The Morgan fingerprint density at radius 3 is 2.37 bits per heavy atom. The SMILES string of the molecule is COc1ccc(CN(C)C(=O)C(N)CC(C)C)cc1. The number of hydrogen-bond donors (Lipinski definition) is 1. The van der Waals surface area contributed by atoms with Gasteiger partial charge in [0.25, 0.3) is 0 Å². The van der Waals surface area contributed by atoms with Gasteiger partial charge in [-0.1, -0.05) is 26.0 Å². The van der Waals surface area contributed by atoms with E-state index in [2.05, 4.69) is 13.8 Å². The molecule has 0 aliphatic rings. The van der Waals surface area contributed by atoms with E-state index >= 15 is 0 Å². The maximum absolute atomic E-state index is 12.1. The van der Waals surface area contributed by atoms with Gasteiger partial charge in [-0.25, -0.2) is 0 Å². The summed E-state index contributed by atoms with van der Waals surface area (Å²) in [4.78, 5) is 13.8. The minimum atomic E-state index is -0.414. The number of methoxy groups -OCH3 is 1. The molecule has 1 aromatic carbocycles. The highest BCUT2D eigenvalue weighted by molar-refractivity contribution is 5.81. The fraction of sp³-hybridized carbons (Fsp3) is 0.533. The van der Waals surface area contributed by atoms with Crippen molar-refractivity contribution < 1.29 is 9.53 Å². The molecule has 0 saturated carbocycles. The van der Waals surface area contributed by atoms with Gasteiger partial charge in [-0.15, -0.1) is 0 Å². The van der Waals surface area contributed by atoms with Gasteiger partial charge in [-0.3, -0.25) is 4.79 Å². The molecule has 4 heteroatoms. The van der Waals surface area contributed by atoms with Crippen molar-refractivity contribution in [2.45, 2.75) is 32.9 Å². The third-order valence-corrected chi connectivity index (χ3v) is 3.00.